The number of methoxy groups -OCH3 is 1. The topological polar surface area (TPSA) is 63.6 Å². The Bertz CT molecular complexity index is 1110. The first-order valence-electron chi connectivity index (χ1n) is 11.0. The highest BCUT2D eigenvalue weighted by atomic mass is 16.5. The zero-order valence-electron chi connectivity index (χ0n) is 19.2. The lowest BCUT2D eigenvalue weighted by Gasteiger charge is -2.19. The fourth-order valence-corrected chi connectivity index (χ4v) is 3.60. The van der Waals surface area contributed by atoms with Crippen LogP contribution in [0.4, 0.5) is 0 Å². The number of unbranched alkanes of at least 4 members (excludes halogenated alkanes) is 1. The second-order valence-electron chi connectivity index (χ2n) is 7.71. The Balaban J connectivity index is 1.98. The molecule has 2 amide bonds. The fourth-order valence-electron chi connectivity index (χ4n) is 3.60. The molecule has 0 atom stereocenters. The molecule has 0 radical (unpaired) electrons. The average Bonchev–Trinajstić information content (AvgIpc) is 3.19. The molecule has 0 fully saturated rings. The number of rotatable bonds is 9. The monoisotopic (exact) mass is 433 g/mol. The van der Waals surface area contributed by atoms with Gasteiger partial charge in [-0.15, -0.1) is 0 Å². The van der Waals surface area contributed by atoms with E-state index in [0.29, 0.717) is 17.9 Å². The van der Waals surface area contributed by atoms with Gasteiger partial charge in [-0.2, -0.15) is 0 Å². The van der Waals surface area contributed by atoms with E-state index in [1.165, 1.54) is 0 Å². The van der Waals surface area contributed by atoms with E-state index < -0.39 is 0 Å². The molecule has 0 spiro atoms. The molecule has 0 aliphatic carbocycles. The molecule has 32 heavy (non-hydrogen) atoms. The summed E-state index contributed by atoms with van der Waals surface area (Å²) in [5.41, 5.74) is 2.69. The smallest absolute Gasteiger partial charge is 0.270 e. The number of nitrogens with one attached hydrogen (secondary N) is 1. The van der Waals surface area contributed by atoms with Crippen molar-refractivity contribution in [2.45, 2.75) is 33.2 Å². The summed E-state index contributed by atoms with van der Waals surface area (Å²) in [4.78, 5) is 27.8. The normalized spacial score (nSPS) is 11.4. The first-order chi connectivity index (χ1) is 15.5. The SMILES string of the molecule is CCCCN(C)C(=O)C(=Cc1cn(CC)c2ccccc12)NC(=O)c1ccc(OC)cc1. The minimum absolute atomic E-state index is 0.214. The summed E-state index contributed by atoms with van der Waals surface area (Å²) in [5.74, 6) is 0.115. The number of ether oxygens (including phenoxy) is 1. The van der Waals surface area contributed by atoms with Crippen LogP contribution in [0.25, 0.3) is 17.0 Å². The molecule has 1 N–H and O–H groups in total. The van der Waals surface area contributed by atoms with E-state index in [-0.39, 0.29) is 17.5 Å². The van der Waals surface area contributed by atoms with E-state index in [4.69, 9.17) is 4.74 Å². The number of benzene rings is 2. The number of hydrogen-bond acceptors (Lipinski definition) is 3. The van der Waals surface area contributed by atoms with Gasteiger partial charge in [0.05, 0.1) is 7.11 Å². The van der Waals surface area contributed by atoms with Crippen LogP contribution in [0.2, 0.25) is 0 Å². The highest BCUT2D eigenvalue weighted by Crippen LogP contribution is 2.24. The van der Waals surface area contributed by atoms with Crippen molar-refractivity contribution in [3.63, 3.8) is 0 Å². The standard InChI is InChI=1S/C26H31N3O3/c1-5-7-16-28(3)26(31)23(27-25(30)19-12-14-21(32-4)15-13-19)17-20-18-29(6-2)24-11-9-8-10-22(20)24/h8-15,17-18H,5-7,16H2,1-4H3,(H,27,30). The summed E-state index contributed by atoms with van der Waals surface area (Å²) >= 11 is 0. The van der Waals surface area contributed by atoms with Crippen molar-refractivity contribution in [2.24, 2.45) is 0 Å². The highest BCUT2D eigenvalue weighted by Gasteiger charge is 2.19. The van der Waals surface area contributed by atoms with Crippen LogP contribution >= 0.6 is 0 Å². The molecule has 2 aromatic carbocycles. The van der Waals surface area contributed by atoms with Gasteiger partial charge in [0.1, 0.15) is 11.4 Å². The Morgan fingerprint density at radius 3 is 2.47 bits per heavy atom. The van der Waals surface area contributed by atoms with Gasteiger partial charge in [0.25, 0.3) is 11.8 Å². The molecular formula is C26H31N3O3. The second kappa shape index (κ2) is 10.7. The maximum atomic E-state index is 13.2. The van der Waals surface area contributed by atoms with Crippen molar-refractivity contribution in [2.75, 3.05) is 20.7 Å². The van der Waals surface area contributed by atoms with Crippen molar-refractivity contribution in [3.05, 3.63) is 71.6 Å². The molecule has 1 heterocycles. The van der Waals surface area contributed by atoms with Crippen LogP contribution in [0.5, 0.6) is 5.75 Å². The number of carbonyl (C=O) groups is 2. The van der Waals surface area contributed by atoms with Crippen LogP contribution in [-0.2, 0) is 11.3 Å². The van der Waals surface area contributed by atoms with Crippen LogP contribution in [0.3, 0.4) is 0 Å². The van der Waals surface area contributed by atoms with E-state index >= 15 is 0 Å². The zero-order chi connectivity index (χ0) is 23.1. The molecule has 6 nitrogen and oxygen atoms in total. The minimum atomic E-state index is -0.338. The Hall–Kier alpha value is -3.54. The molecule has 0 unspecified atom stereocenters. The minimum Gasteiger partial charge on any atom is -0.497 e. The third kappa shape index (κ3) is 5.19. The van der Waals surface area contributed by atoms with Gasteiger partial charge in [0.15, 0.2) is 0 Å². The van der Waals surface area contributed by atoms with E-state index in [9.17, 15) is 9.59 Å². The molecule has 0 aliphatic rings. The van der Waals surface area contributed by atoms with Gasteiger partial charge in [-0.1, -0.05) is 31.5 Å². The first kappa shape index (κ1) is 23.1. The molecule has 1 aromatic heterocycles. The average molecular weight is 434 g/mol. The van der Waals surface area contributed by atoms with Gasteiger partial charge >= 0.3 is 0 Å². The van der Waals surface area contributed by atoms with E-state index in [1.54, 1.807) is 49.4 Å². The summed E-state index contributed by atoms with van der Waals surface area (Å²) in [6, 6.07) is 14.9. The number of fused-ring (bicyclic) bond motifs is 1. The number of aryl methyl sites for hydroxylation is 1. The molecule has 0 saturated heterocycles. The van der Waals surface area contributed by atoms with Crippen molar-refractivity contribution in [1.29, 1.82) is 0 Å². The molecule has 168 valence electrons. The molecule has 0 saturated carbocycles. The van der Waals surface area contributed by atoms with Crippen LogP contribution in [0, 0.1) is 0 Å². The van der Waals surface area contributed by atoms with Crippen LogP contribution in [-0.4, -0.2) is 42.0 Å². The zero-order valence-corrected chi connectivity index (χ0v) is 19.2. The summed E-state index contributed by atoms with van der Waals surface area (Å²) in [6.07, 6.45) is 5.68. The maximum absolute atomic E-state index is 13.2. The van der Waals surface area contributed by atoms with Gasteiger partial charge < -0.3 is 19.5 Å². The lowest BCUT2D eigenvalue weighted by molar-refractivity contribution is -0.126. The number of aromatic nitrogens is 1. The quantitative estimate of drug-likeness (QED) is 0.498. The summed E-state index contributed by atoms with van der Waals surface area (Å²) in [6.45, 7) is 5.60. The van der Waals surface area contributed by atoms with Gasteiger partial charge in [-0.05, 0) is 49.8 Å². The number of nitrogens with zero attached hydrogens (tertiary/aromatic N) is 2. The van der Waals surface area contributed by atoms with E-state index in [1.807, 2.05) is 24.4 Å². The Morgan fingerprint density at radius 2 is 1.81 bits per heavy atom. The Kier molecular flexibility index (Phi) is 7.71. The molecule has 3 rings (SSSR count). The molecule has 6 heteroatoms. The Morgan fingerprint density at radius 1 is 1.09 bits per heavy atom. The van der Waals surface area contributed by atoms with Crippen LogP contribution in [0.15, 0.2) is 60.4 Å². The molecule has 0 bridgehead atoms. The molecule has 3 aromatic rings. The third-order valence-electron chi connectivity index (χ3n) is 5.48. The highest BCUT2D eigenvalue weighted by molar-refractivity contribution is 6.06. The number of hydrogen-bond donors (Lipinski definition) is 1. The number of amides is 2. The molecule has 0 aliphatic heterocycles. The van der Waals surface area contributed by atoms with Crippen molar-refractivity contribution >= 4 is 28.8 Å². The van der Waals surface area contributed by atoms with Crippen LogP contribution < -0.4 is 10.1 Å². The first-order valence-corrected chi connectivity index (χ1v) is 11.0. The lowest BCUT2D eigenvalue weighted by Crippen LogP contribution is -2.36. The summed E-state index contributed by atoms with van der Waals surface area (Å²) < 4.78 is 7.30. The number of likely N-dealkylation sites (N-methyl/N-ethyl adjacent to an activating group) is 1. The van der Waals surface area contributed by atoms with Crippen molar-refractivity contribution < 1.29 is 14.3 Å². The van der Waals surface area contributed by atoms with E-state index in [2.05, 4.69) is 29.8 Å². The van der Waals surface area contributed by atoms with Crippen molar-refractivity contribution in [3.8, 4) is 5.75 Å². The number of carbonyl (C=O) groups excluding carboxylic acids is 2. The summed E-state index contributed by atoms with van der Waals surface area (Å²) in [5, 5.41) is 3.89. The summed E-state index contributed by atoms with van der Waals surface area (Å²) in [7, 11) is 3.34. The maximum Gasteiger partial charge on any atom is 0.270 e. The van der Waals surface area contributed by atoms with Gasteiger partial charge in [0, 0.05) is 48.4 Å². The van der Waals surface area contributed by atoms with Gasteiger partial charge in [0.2, 0.25) is 0 Å². The predicted octanol–water partition coefficient (Wildman–Crippen LogP) is 4.70. The number of para-hydroxylation sites is 1. The Labute approximate surface area is 189 Å². The van der Waals surface area contributed by atoms with Crippen molar-refractivity contribution in [1.82, 2.24) is 14.8 Å². The van der Waals surface area contributed by atoms with Crippen LogP contribution in [0.1, 0.15) is 42.6 Å². The second-order valence-corrected chi connectivity index (χ2v) is 7.71. The predicted molar refractivity (Wildman–Crippen MR) is 129 cm³/mol. The van der Waals surface area contributed by atoms with E-state index in [0.717, 1.165) is 35.9 Å². The largest absolute Gasteiger partial charge is 0.497 e. The third-order valence-corrected chi connectivity index (χ3v) is 5.48. The molecular weight excluding hydrogens is 402 g/mol. The lowest BCUT2D eigenvalue weighted by atomic mass is 10.1. The fraction of sp³-hybridized carbons (Fsp3) is 0.308. The van der Waals surface area contributed by atoms with Gasteiger partial charge in [-0.25, -0.2) is 0 Å². The van der Waals surface area contributed by atoms with Gasteiger partial charge in [-0.3, -0.25) is 9.59 Å².